The summed E-state index contributed by atoms with van der Waals surface area (Å²) in [5.41, 5.74) is 6.38. The summed E-state index contributed by atoms with van der Waals surface area (Å²) in [7, 11) is 0. The van der Waals surface area contributed by atoms with E-state index in [2.05, 4.69) is 15.8 Å². The summed E-state index contributed by atoms with van der Waals surface area (Å²) in [4.78, 5) is 11.7. The Kier molecular flexibility index (Phi) is 4.42. The topological polar surface area (TPSA) is 66.6 Å². The quantitative estimate of drug-likeness (QED) is 0.667. The van der Waals surface area contributed by atoms with E-state index in [4.69, 9.17) is 4.42 Å². The van der Waals surface area contributed by atoms with Crippen molar-refractivity contribution in [1.82, 2.24) is 5.43 Å². The molecular formula is C16H19N3O2. The Labute approximate surface area is 124 Å². The number of carbonyl (C=O) groups excluding carboxylic acids is 1. The van der Waals surface area contributed by atoms with Crippen LogP contribution in [0.1, 0.15) is 28.2 Å². The molecule has 2 N–H and O–H groups in total. The van der Waals surface area contributed by atoms with Crippen molar-refractivity contribution >= 4 is 17.9 Å². The number of furan rings is 1. The first-order valence-corrected chi connectivity index (χ1v) is 6.70. The fourth-order valence-corrected chi connectivity index (χ4v) is 1.92. The third-order valence-electron chi connectivity index (χ3n) is 3.17. The number of carbonyl (C=O) groups is 1. The Morgan fingerprint density at radius 1 is 1.14 bits per heavy atom. The molecule has 5 nitrogen and oxygen atoms in total. The zero-order valence-electron chi connectivity index (χ0n) is 12.7. The predicted molar refractivity (Wildman–Crippen MR) is 83.8 cm³/mol. The lowest BCUT2D eigenvalue weighted by Crippen LogP contribution is -2.24. The average molecular weight is 285 g/mol. The van der Waals surface area contributed by atoms with Gasteiger partial charge in [0.05, 0.1) is 6.21 Å². The normalized spacial score (nSPS) is 10.9. The van der Waals surface area contributed by atoms with Crippen LogP contribution in [0.25, 0.3) is 0 Å². The van der Waals surface area contributed by atoms with Crippen LogP contribution < -0.4 is 10.7 Å². The van der Waals surface area contributed by atoms with E-state index in [-0.39, 0.29) is 0 Å². The third-order valence-corrected chi connectivity index (χ3v) is 3.17. The number of nitrogens with zero attached hydrogens (tertiary/aromatic N) is 1. The van der Waals surface area contributed by atoms with Crippen molar-refractivity contribution in [2.45, 2.75) is 27.7 Å². The SMILES string of the molecule is Cc1ccc(NC(=O)NN=Cc2cc(C)c(C)o2)c(C)c1. The number of anilines is 1. The largest absolute Gasteiger partial charge is 0.460 e. The van der Waals surface area contributed by atoms with Gasteiger partial charge in [-0.1, -0.05) is 17.7 Å². The fourth-order valence-electron chi connectivity index (χ4n) is 1.92. The molecule has 0 aliphatic carbocycles. The minimum absolute atomic E-state index is 0.391. The molecule has 5 heteroatoms. The Bertz CT molecular complexity index is 667. The van der Waals surface area contributed by atoms with E-state index in [1.165, 1.54) is 6.21 Å². The summed E-state index contributed by atoms with van der Waals surface area (Å²) in [5, 5.41) is 6.60. The predicted octanol–water partition coefficient (Wildman–Crippen LogP) is 3.67. The van der Waals surface area contributed by atoms with Crippen LogP contribution in [0.2, 0.25) is 0 Å². The minimum atomic E-state index is -0.391. The highest BCUT2D eigenvalue weighted by atomic mass is 16.3. The van der Waals surface area contributed by atoms with E-state index in [0.717, 1.165) is 28.1 Å². The number of hydrazone groups is 1. The smallest absolute Gasteiger partial charge is 0.339 e. The molecule has 2 rings (SSSR count). The number of nitrogens with one attached hydrogen (secondary N) is 2. The average Bonchev–Trinajstić information content (AvgIpc) is 2.72. The highest BCUT2D eigenvalue weighted by molar-refractivity contribution is 5.90. The van der Waals surface area contributed by atoms with E-state index < -0.39 is 6.03 Å². The van der Waals surface area contributed by atoms with Crippen molar-refractivity contribution < 1.29 is 9.21 Å². The maximum absolute atomic E-state index is 11.7. The monoisotopic (exact) mass is 285 g/mol. The zero-order chi connectivity index (χ0) is 15.4. The summed E-state index contributed by atoms with van der Waals surface area (Å²) in [6.45, 7) is 7.79. The van der Waals surface area contributed by atoms with Gasteiger partial charge in [0.25, 0.3) is 0 Å². The van der Waals surface area contributed by atoms with Crippen LogP contribution in [0.5, 0.6) is 0 Å². The maximum Gasteiger partial charge on any atom is 0.339 e. The summed E-state index contributed by atoms with van der Waals surface area (Å²) < 4.78 is 5.43. The molecule has 0 spiro atoms. The molecule has 0 unspecified atom stereocenters. The lowest BCUT2D eigenvalue weighted by atomic mass is 10.1. The van der Waals surface area contributed by atoms with Crippen molar-refractivity contribution in [2.24, 2.45) is 5.10 Å². The standard InChI is InChI=1S/C16H19N3O2/c1-10-5-6-15(12(3)7-10)18-16(20)19-17-9-14-8-11(2)13(4)21-14/h5-9H,1-4H3,(H2,18,19,20). The zero-order valence-corrected chi connectivity index (χ0v) is 12.7. The number of hydrogen-bond donors (Lipinski definition) is 2. The summed E-state index contributed by atoms with van der Waals surface area (Å²) in [5.74, 6) is 1.45. The van der Waals surface area contributed by atoms with E-state index >= 15 is 0 Å². The summed E-state index contributed by atoms with van der Waals surface area (Å²) in [6, 6.07) is 7.29. The van der Waals surface area contributed by atoms with E-state index in [0.29, 0.717) is 5.76 Å². The van der Waals surface area contributed by atoms with Gasteiger partial charge in [0.1, 0.15) is 11.5 Å². The lowest BCUT2D eigenvalue weighted by Gasteiger charge is -2.08. The molecule has 0 aliphatic rings. The molecule has 0 aliphatic heterocycles. The van der Waals surface area contributed by atoms with Crippen molar-refractivity contribution in [3.63, 3.8) is 0 Å². The molecule has 0 radical (unpaired) electrons. The van der Waals surface area contributed by atoms with Gasteiger partial charge in [-0.25, -0.2) is 10.2 Å². The Balaban J connectivity index is 1.93. The fraction of sp³-hybridized carbons (Fsp3) is 0.250. The van der Waals surface area contributed by atoms with Crippen LogP contribution in [0.4, 0.5) is 10.5 Å². The van der Waals surface area contributed by atoms with Crippen molar-refractivity contribution in [1.29, 1.82) is 0 Å². The van der Waals surface area contributed by atoms with Gasteiger partial charge in [0, 0.05) is 5.69 Å². The van der Waals surface area contributed by atoms with Gasteiger partial charge in [0.15, 0.2) is 0 Å². The van der Waals surface area contributed by atoms with Gasteiger partial charge < -0.3 is 9.73 Å². The second-order valence-corrected chi connectivity index (χ2v) is 5.03. The van der Waals surface area contributed by atoms with E-state index in [1.54, 1.807) is 0 Å². The Morgan fingerprint density at radius 2 is 1.90 bits per heavy atom. The number of rotatable bonds is 3. The second kappa shape index (κ2) is 6.26. The van der Waals surface area contributed by atoms with Crippen molar-refractivity contribution in [2.75, 3.05) is 5.32 Å². The first-order chi connectivity index (χ1) is 9.95. The third kappa shape index (κ3) is 3.95. The van der Waals surface area contributed by atoms with Crippen LogP contribution in [0.3, 0.4) is 0 Å². The molecule has 0 saturated carbocycles. The highest BCUT2D eigenvalue weighted by Gasteiger charge is 2.04. The van der Waals surface area contributed by atoms with Crippen molar-refractivity contribution in [3.8, 4) is 0 Å². The molecule has 2 amide bonds. The molecule has 2 aromatic rings. The van der Waals surface area contributed by atoms with Crippen molar-refractivity contribution in [3.05, 3.63) is 52.5 Å². The number of urea groups is 1. The van der Waals surface area contributed by atoms with E-state index in [9.17, 15) is 4.79 Å². The number of benzene rings is 1. The molecule has 21 heavy (non-hydrogen) atoms. The second-order valence-electron chi connectivity index (χ2n) is 5.03. The Morgan fingerprint density at radius 3 is 2.52 bits per heavy atom. The van der Waals surface area contributed by atoms with E-state index in [1.807, 2.05) is 52.0 Å². The van der Waals surface area contributed by atoms with Crippen LogP contribution in [-0.2, 0) is 0 Å². The molecule has 0 fully saturated rings. The molecule has 1 aromatic carbocycles. The number of aryl methyl sites for hydroxylation is 4. The summed E-state index contributed by atoms with van der Waals surface area (Å²) in [6.07, 6.45) is 1.47. The minimum Gasteiger partial charge on any atom is -0.460 e. The van der Waals surface area contributed by atoms with Gasteiger partial charge in [-0.2, -0.15) is 5.10 Å². The molecule has 0 atom stereocenters. The molecule has 0 saturated heterocycles. The molecule has 110 valence electrons. The lowest BCUT2D eigenvalue weighted by molar-refractivity contribution is 0.252. The van der Waals surface area contributed by atoms with Crippen LogP contribution >= 0.6 is 0 Å². The number of hydrogen-bond acceptors (Lipinski definition) is 3. The number of amides is 2. The first-order valence-electron chi connectivity index (χ1n) is 6.70. The molecule has 1 aromatic heterocycles. The van der Waals surface area contributed by atoms with Gasteiger partial charge in [-0.05, 0) is 51.0 Å². The summed E-state index contributed by atoms with van der Waals surface area (Å²) >= 11 is 0. The molecule has 0 bridgehead atoms. The first kappa shape index (κ1) is 14.8. The van der Waals surface area contributed by atoms with Gasteiger partial charge in [0.2, 0.25) is 0 Å². The highest BCUT2D eigenvalue weighted by Crippen LogP contribution is 2.15. The van der Waals surface area contributed by atoms with Gasteiger partial charge in [-0.15, -0.1) is 0 Å². The van der Waals surface area contributed by atoms with Gasteiger partial charge in [-0.3, -0.25) is 0 Å². The van der Waals surface area contributed by atoms with Gasteiger partial charge >= 0.3 is 6.03 Å². The molecule has 1 heterocycles. The molecular weight excluding hydrogens is 266 g/mol. The maximum atomic E-state index is 11.7. The Hall–Kier alpha value is -2.56. The van der Waals surface area contributed by atoms with Crippen LogP contribution in [0, 0.1) is 27.7 Å². The van der Waals surface area contributed by atoms with Crippen LogP contribution in [0.15, 0.2) is 33.8 Å². The van der Waals surface area contributed by atoms with Crippen LogP contribution in [-0.4, -0.2) is 12.2 Å².